The van der Waals surface area contributed by atoms with Crippen LogP contribution in [0.25, 0.3) is 11.0 Å². The molecule has 0 bridgehead atoms. The number of halogens is 1. The van der Waals surface area contributed by atoms with E-state index >= 15 is 0 Å². The van der Waals surface area contributed by atoms with E-state index in [1.807, 2.05) is 6.92 Å². The van der Waals surface area contributed by atoms with Gasteiger partial charge in [-0.1, -0.05) is 13.8 Å². The van der Waals surface area contributed by atoms with E-state index in [2.05, 4.69) is 59.4 Å². The molecule has 2 heterocycles. The van der Waals surface area contributed by atoms with Crippen LogP contribution in [0.2, 0.25) is 0 Å². The van der Waals surface area contributed by atoms with Gasteiger partial charge in [0.15, 0.2) is 0 Å². The van der Waals surface area contributed by atoms with E-state index in [1.54, 1.807) is 0 Å². The third kappa shape index (κ3) is 2.10. The van der Waals surface area contributed by atoms with Crippen molar-refractivity contribution in [2.24, 2.45) is 0 Å². The predicted molar refractivity (Wildman–Crippen MR) is 74.4 cm³/mol. The number of fused-ring (bicyclic) bond motifs is 1. The van der Waals surface area contributed by atoms with Crippen molar-refractivity contribution in [2.45, 2.75) is 46.6 Å². The maximum absolute atomic E-state index is 4.70. The molecular weight excluding hydrogens is 278 g/mol. The van der Waals surface area contributed by atoms with Gasteiger partial charge in [0.05, 0.1) is 11.1 Å². The zero-order valence-electron chi connectivity index (χ0n) is 11.0. The highest BCUT2D eigenvalue weighted by Crippen LogP contribution is 2.30. The molecule has 0 saturated heterocycles. The van der Waals surface area contributed by atoms with Crippen LogP contribution in [0.4, 0.5) is 0 Å². The van der Waals surface area contributed by atoms with Gasteiger partial charge in [0.2, 0.25) is 0 Å². The molecule has 0 aliphatic heterocycles. The summed E-state index contributed by atoms with van der Waals surface area (Å²) >= 11 is 3.60. The summed E-state index contributed by atoms with van der Waals surface area (Å²) in [6.07, 6.45) is 2.10. The van der Waals surface area contributed by atoms with E-state index in [4.69, 9.17) is 4.98 Å². The first-order chi connectivity index (χ1) is 7.91. The van der Waals surface area contributed by atoms with Gasteiger partial charge in [0.25, 0.3) is 0 Å². The van der Waals surface area contributed by atoms with Gasteiger partial charge in [-0.15, -0.1) is 0 Å². The fraction of sp³-hybridized carbons (Fsp3) is 0.538. The van der Waals surface area contributed by atoms with Crippen molar-refractivity contribution < 1.29 is 0 Å². The number of aryl methyl sites for hydroxylation is 1. The summed E-state index contributed by atoms with van der Waals surface area (Å²) < 4.78 is 3.27. The largest absolute Gasteiger partial charge is 0.329 e. The maximum atomic E-state index is 4.70. The quantitative estimate of drug-likeness (QED) is 0.831. The molecule has 0 atom stereocenters. The predicted octanol–water partition coefficient (Wildman–Crippen LogP) is 4.21. The highest BCUT2D eigenvalue weighted by atomic mass is 79.9. The van der Waals surface area contributed by atoms with Gasteiger partial charge in [0.1, 0.15) is 11.5 Å². The Hall–Kier alpha value is -0.900. The molecule has 92 valence electrons. The lowest BCUT2D eigenvalue weighted by atomic mass is 10.2. The zero-order valence-corrected chi connectivity index (χ0v) is 12.5. The highest BCUT2D eigenvalue weighted by molar-refractivity contribution is 9.10. The summed E-state index contributed by atoms with van der Waals surface area (Å²) in [6.45, 7) is 10.6. The number of nitrogens with zero attached hydrogens (tertiary/aromatic N) is 3. The third-order valence-electron chi connectivity index (χ3n) is 2.90. The van der Waals surface area contributed by atoms with Gasteiger partial charge < -0.3 is 4.57 Å². The highest BCUT2D eigenvalue weighted by Gasteiger charge is 2.15. The lowest BCUT2D eigenvalue weighted by molar-refractivity contribution is 0.614. The molecule has 0 aromatic carbocycles. The number of rotatable bonds is 2. The smallest absolute Gasteiger partial charge is 0.145 e. The van der Waals surface area contributed by atoms with Crippen molar-refractivity contribution in [3.05, 3.63) is 22.2 Å². The third-order valence-corrected chi connectivity index (χ3v) is 3.50. The van der Waals surface area contributed by atoms with Crippen molar-refractivity contribution in [3.8, 4) is 0 Å². The summed E-state index contributed by atoms with van der Waals surface area (Å²) in [6, 6.07) is 0.401. The van der Waals surface area contributed by atoms with Gasteiger partial charge >= 0.3 is 0 Å². The minimum atomic E-state index is 0.354. The number of hydrogen-bond acceptors (Lipinski definition) is 2. The molecule has 0 saturated carbocycles. The SMILES string of the molecule is Cc1nc(C(C)C)nc2c1c(Br)cn2C(C)C. The standard InChI is InChI=1S/C13H18BrN3/c1-7(2)12-15-9(5)11-10(14)6-17(8(3)4)13(11)16-12/h6-8H,1-5H3. The van der Waals surface area contributed by atoms with Crippen LogP contribution in [-0.4, -0.2) is 14.5 Å². The number of aromatic nitrogens is 3. The lowest BCUT2D eigenvalue weighted by Gasteiger charge is -2.11. The second kappa shape index (κ2) is 4.41. The Balaban J connectivity index is 2.80. The van der Waals surface area contributed by atoms with Crippen molar-refractivity contribution in [3.63, 3.8) is 0 Å². The van der Waals surface area contributed by atoms with Gasteiger partial charge in [-0.25, -0.2) is 9.97 Å². The van der Waals surface area contributed by atoms with E-state index in [-0.39, 0.29) is 0 Å². The van der Waals surface area contributed by atoms with Crippen LogP contribution in [0.15, 0.2) is 10.7 Å². The Morgan fingerprint density at radius 1 is 1.18 bits per heavy atom. The Morgan fingerprint density at radius 3 is 2.35 bits per heavy atom. The summed E-state index contributed by atoms with van der Waals surface area (Å²) in [4.78, 5) is 9.28. The molecule has 2 rings (SSSR count). The average Bonchev–Trinajstić information content (AvgIpc) is 2.56. The molecule has 0 spiro atoms. The molecule has 2 aromatic heterocycles. The van der Waals surface area contributed by atoms with Crippen molar-refractivity contribution >= 4 is 27.0 Å². The second-order valence-electron chi connectivity index (χ2n) is 5.00. The molecule has 0 radical (unpaired) electrons. The van der Waals surface area contributed by atoms with Crippen LogP contribution in [0.3, 0.4) is 0 Å². The first-order valence-electron chi connectivity index (χ1n) is 5.96. The summed E-state index contributed by atoms with van der Waals surface area (Å²) in [5.41, 5.74) is 2.08. The second-order valence-corrected chi connectivity index (χ2v) is 5.85. The summed E-state index contributed by atoms with van der Waals surface area (Å²) in [5.74, 6) is 1.27. The molecule has 0 fully saturated rings. The van der Waals surface area contributed by atoms with E-state index in [0.717, 1.165) is 27.0 Å². The minimum Gasteiger partial charge on any atom is -0.329 e. The van der Waals surface area contributed by atoms with Crippen molar-refractivity contribution in [1.29, 1.82) is 0 Å². The topological polar surface area (TPSA) is 30.7 Å². The molecular formula is C13H18BrN3. The van der Waals surface area contributed by atoms with Crippen LogP contribution in [-0.2, 0) is 0 Å². The van der Waals surface area contributed by atoms with E-state index < -0.39 is 0 Å². The molecule has 4 heteroatoms. The first-order valence-corrected chi connectivity index (χ1v) is 6.75. The Bertz CT molecular complexity index is 555. The molecule has 0 aliphatic rings. The van der Waals surface area contributed by atoms with E-state index in [0.29, 0.717) is 12.0 Å². The van der Waals surface area contributed by atoms with E-state index in [9.17, 15) is 0 Å². The normalized spacial score (nSPS) is 12.0. The fourth-order valence-electron chi connectivity index (χ4n) is 1.95. The molecule has 0 aliphatic carbocycles. The van der Waals surface area contributed by atoms with Crippen LogP contribution >= 0.6 is 15.9 Å². The molecule has 17 heavy (non-hydrogen) atoms. The maximum Gasteiger partial charge on any atom is 0.145 e. The van der Waals surface area contributed by atoms with Gasteiger partial charge in [-0.05, 0) is 36.7 Å². The van der Waals surface area contributed by atoms with Crippen molar-refractivity contribution in [2.75, 3.05) is 0 Å². The lowest BCUT2D eigenvalue weighted by Crippen LogP contribution is -2.05. The molecule has 0 N–H and O–H groups in total. The van der Waals surface area contributed by atoms with Gasteiger partial charge in [-0.2, -0.15) is 0 Å². The van der Waals surface area contributed by atoms with E-state index in [1.165, 1.54) is 0 Å². The average molecular weight is 296 g/mol. The molecule has 2 aromatic rings. The molecule has 0 unspecified atom stereocenters. The van der Waals surface area contributed by atoms with Crippen molar-refractivity contribution in [1.82, 2.24) is 14.5 Å². The molecule has 3 nitrogen and oxygen atoms in total. The summed E-state index contributed by atoms with van der Waals surface area (Å²) in [5, 5.41) is 1.13. The first kappa shape index (κ1) is 12.6. The Labute approximate surface area is 110 Å². The van der Waals surface area contributed by atoms with Crippen LogP contribution in [0.1, 0.15) is 51.2 Å². The van der Waals surface area contributed by atoms with Gasteiger partial charge in [0, 0.05) is 22.6 Å². The minimum absolute atomic E-state index is 0.354. The molecule has 0 amide bonds. The zero-order chi connectivity index (χ0) is 12.7. The Kier molecular flexibility index (Phi) is 3.25. The fourth-order valence-corrected chi connectivity index (χ4v) is 2.63. The van der Waals surface area contributed by atoms with Crippen LogP contribution in [0, 0.1) is 6.92 Å². The van der Waals surface area contributed by atoms with Crippen LogP contribution in [0.5, 0.6) is 0 Å². The monoisotopic (exact) mass is 295 g/mol. The van der Waals surface area contributed by atoms with Gasteiger partial charge in [-0.3, -0.25) is 0 Å². The van der Waals surface area contributed by atoms with Crippen LogP contribution < -0.4 is 0 Å². The number of hydrogen-bond donors (Lipinski definition) is 0. The summed E-state index contributed by atoms with van der Waals surface area (Å²) in [7, 11) is 0. The Morgan fingerprint density at radius 2 is 1.82 bits per heavy atom.